The van der Waals surface area contributed by atoms with Crippen LogP contribution in [0.4, 0.5) is 0 Å². The molecule has 1 aromatic rings. The van der Waals surface area contributed by atoms with Crippen LogP contribution in [0.15, 0.2) is 28.7 Å². The van der Waals surface area contributed by atoms with Gasteiger partial charge in [-0.25, -0.2) is 0 Å². The molecule has 0 radical (unpaired) electrons. The maximum atomic E-state index is 12.0. The van der Waals surface area contributed by atoms with Crippen LogP contribution >= 0.6 is 15.9 Å². The molecule has 0 aromatic heterocycles. The van der Waals surface area contributed by atoms with Crippen molar-refractivity contribution in [3.05, 3.63) is 34.3 Å². The highest BCUT2D eigenvalue weighted by Gasteiger charge is 2.23. The Labute approximate surface area is 125 Å². The van der Waals surface area contributed by atoms with Crippen LogP contribution in [0.2, 0.25) is 0 Å². The van der Waals surface area contributed by atoms with Crippen molar-refractivity contribution in [2.24, 2.45) is 11.3 Å². The first-order valence-electron chi connectivity index (χ1n) is 6.75. The van der Waals surface area contributed by atoms with Crippen molar-refractivity contribution in [1.82, 2.24) is 5.32 Å². The van der Waals surface area contributed by atoms with Crippen LogP contribution in [0.1, 0.15) is 52.6 Å². The summed E-state index contributed by atoms with van der Waals surface area (Å²) in [4.78, 5) is 12.0. The zero-order chi connectivity index (χ0) is 14.6. The maximum absolute atomic E-state index is 12.0. The summed E-state index contributed by atoms with van der Waals surface area (Å²) in [5.74, 6) is 0.483. The number of carbonyl (C=O) groups excluding carboxylic acids is 1. The fraction of sp³-hybridized carbons (Fsp3) is 0.562. The van der Waals surface area contributed by atoms with E-state index in [1.165, 1.54) is 0 Å². The summed E-state index contributed by atoms with van der Waals surface area (Å²) in [5, 5.41) is 3.07. The van der Waals surface area contributed by atoms with Crippen molar-refractivity contribution >= 4 is 21.8 Å². The summed E-state index contributed by atoms with van der Waals surface area (Å²) < 4.78 is 1.04. The first-order chi connectivity index (χ1) is 8.70. The molecule has 1 amide bonds. The third-order valence-electron chi connectivity index (χ3n) is 3.70. The fourth-order valence-electron chi connectivity index (χ4n) is 1.74. The van der Waals surface area contributed by atoms with Crippen molar-refractivity contribution in [2.45, 2.75) is 47.1 Å². The largest absolute Gasteiger partial charge is 0.350 e. The zero-order valence-corrected chi connectivity index (χ0v) is 14.0. The van der Waals surface area contributed by atoms with Crippen molar-refractivity contribution in [3.8, 4) is 0 Å². The number of benzene rings is 1. The zero-order valence-electron chi connectivity index (χ0n) is 12.5. The quantitative estimate of drug-likeness (QED) is 0.854. The van der Waals surface area contributed by atoms with Crippen LogP contribution in [0.3, 0.4) is 0 Å². The lowest BCUT2D eigenvalue weighted by Gasteiger charge is -2.27. The monoisotopic (exact) mass is 325 g/mol. The van der Waals surface area contributed by atoms with Crippen LogP contribution in [0.25, 0.3) is 0 Å². The lowest BCUT2D eigenvalue weighted by atomic mass is 9.80. The van der Waals surface area contributed by atoms with Gasteiger partial charge < -0.3 is 5.32 Å². The van der Waals surface area contributed by atoms with Gasteiger partial charge in [-0.1, -0.05) is 55.8 Å². The standard InChI is InChI=1S/C16H24BrNO/c1-11(16(3,4)5)9-15(19)18-12(2)13-7-6-8-14(17)10-13/h6-8,10-12H,9H2,1-5H3,(H,18,19). The Morgan fingerprint density at radius 3 is 2.47 bits per heavy atom. The Bertz CT molecular complexity index is 437. The molecule has 0 aliphatic rings. The smallest absolute Gasteiger partial charge is 0.220 e. The van der Waals surface area contributed by atoms with Gasteiger partial charge in [0.05, 0.1) is 6.04 Å². The average Bonchev–Trinajstić information content (AvgIpc) is 2.27. The minimum absolute atomic E-state index is 0.0390. The molecular formula is C16H24BrNO. The number of hydrogen-bond donors (Lipinski definition) is 1. The number of rotatable bonds is 4. The van der Waals surface area contributed by atoms with Crippen LogP contribution < -0.4 is 5.32 Å². The van der Waals surface area contributed by atoms with Crippen LogP contribution in [-0.2, 0) is 4.79 Å². The number of nitrogens with one attached hydrogen (secondary N) is 1. The molecule has 1 N–H and O–H groups in total. The first kappa shape index (κ1) is 16.2. The first-order valence-corrected chi connectivity index (χ1v) is 7.54. The molecule has 19 heavy (non-hydrogen) atoms. The number of halogens is 1. The predicted molar refractivity (Wildman–Crippen MR) is 83.9 cm³/mol. The maximum Gasteiger partial charge on any atom is 0.220 e. The molecule has 0 aliphatic carbocycles. The van der Waals surface area contributed by atoms with Gasteiger partial charge in [-0.15, -0.1) is 0 Å². The highest BCUT2D eigenvalue weighted by molar-refractivity contribution is 9.10. The van der Waals surface area contributed by atoms with Gasteiger partial charge in [0, 0.05) is 10.9 Å². The van der Waals surface area contributed by atoms with Gasteiger partial charge in [0.1, 0.15) is 0 Å². The van der Waals surface area contributed by atoms with Crippen molar-refractivity contribution in [2.75, 3.05) is 0 Å². The molecular weight excluding hydrogens is 302 g/mol. The number of amides is 1. The minimum Gasteiger partial charge on any atom is -0.350 e. The van der Waals surface area contributed by atoms with Gasteiger partial charge in [-0.3, -0.25) is 4.79 Å². The Kier molecular flexibility index (Phi) is 5.60. The predicted octanol–water partition coefficient (Wildman–Crippen LogP) is 4.70. The average molecular weight is 326 g/mol. The van der Waals surface area contributed by atoms with E-state index in [0.29, 0.717) is 12.3 Å². The highest BCUT2D eigenvalue weighted by atomic mass is 79.9. The highest BCUT2D eigenvalue weighted by Crippen LogP contribution is 2.28. The van der Waals surface area contributed by atoms with E-state index in [0.717, 1.165) is 10.0 Å². The summed E-state index contributed by atoms with van der Waals surface area (Å²) in [6.07, 6.45) is 0.571. The molecule has 0 bridgehead atoms. The lowest BCUT2D eigenvalue weighted by molar-refractivity contribution is -0.123. The molecule has 2 atom stereocenters. The molecule has 0 saturated heterocycles. The van der Waals surface area contributed by atoms with E-state index >= 15 is 0 Å². The van der Waals surface area contributed by atoms with Crippen molar-refractivity contribution in [3.63, 3.8) is 0 Å². The van der Waals surface area contributed by atoms with E-state index in [1.807, 2.05) is 31.2 Å². The van der Waals surface area contributed by atoms with E-state index < -0.39 is 0 Å². The van der Waals surface area contributed by atoms with Gasteiger partial charge in [0.15, 0.2) is 0 Å². The number of hydrogen-bond acceptors (Lipinski definition) is 1. The molecule has 0 aliphatic heterocycles. The second kappa shape index (κ2) is 6.56. The molecule has 0 saturated carbocycles. The van der Waals surface area contributed by atoms with Gasteiger partial charge in [-0.2, -0.15) is 0 Å². The molecule has 0 spiro atoms. The van der Waals surface area contributed by atoms with Crippen molar-refractivity contribution < 1.29 is 4.79 Å². The molecule has 1 rings (SSSR count). The Morgan fingerprint density at radius 2 is 1.95 bits per heavy atom. The lowest BCUT2D eigenvalue weighted by Crippen LogP contribution is -2.31. The van der Waals surface area contributed by atoms with E-state index in [2.05, 4.69) is 48.9 Å². The second-order valence-electron chi connectivity index (χ2n) is 6.32. The third-order valence-corrected chi connectivity index (χ3v) is 4.19. The number of carbonyl (C=O) groups is 1. The minimum atomic E-state index is 0.0390. The van der Waals surface area contributed by atoms with Crippen LogP contribution in [-0.4, -0.2) is 5.91 Å². The summed E-state index contributed by atoms with van der Waals surface area (Å²) in [7, 11) is 0. The Morgan fingerprint density at radius 1 is 1.32 bits per heavy atom. The summed E-state index contributed by atoms with van der Waals surface area (Å²) in [5.41, 5.74) is 1.28. The molecule has 0 fully saturated rings. The van der Waals surface area contributed by atoms with Gasteiger partial charge >= 0.3 is 0 Å². The fourth-order valence-corrected chi connectivity index (χ4v) is 2.16. The Balaban J connectivity index is 2.58. The van der Waals surface area contributed by atoms with Gasteiger partial charge in [-0.05, 0) is 36.0 Å². The molecule has 106 valence electrons. The van der Waals surface area contributed by atoms with E-state index in [-0.39, 0.29) is 17.4 Å². The van der Waals surface area contributed by atoms with Crippen LogP contribution in [0.5, 0.6) is 0 Å². The van der Waals surface area contributed by atoms with Crippen molar-refractivity contribution in [1.29, 1.82) is 0 Å². The van der Waals surface area contributed by atoms with E-state index in [4.69, 9.17) is 0 Å². The summed E-state index contributed by atoms with van der Waals surface area (Å²) in [6.45, 7) is 10.7. The summed E-state index contributed by atoms with van der Waals surface area (Å²) >= 11 is 3.45. The van der Waals surface area contributed by atoms with Crippen LogP contribution in [0, 0.1) is 11.3 Å². The molecule has 1 aromatic carbocycles. The SMILES string of the molecule is CC(NC(=O)CC(C)C(C)(C)C)c1cccc(Br)c1. The summed E-state index contributed by atoms with van der Waals surface area (Å²) in [6, 6.07) is 8.08. The topological polar surface area (TPSA) is 29.1 Å². The second-order valence-corrected chi connectivity index (χ2v) is 7.23. The van der Waals surface area contributed by atoms with E-state index in [9.17, 15) is 4.79 Å². The Hall–Kier alpha value is -0.830. The molecule has 0 heterocycles. The van der Waals surface area contributed by atoms with Gasteiger partial charge in [0.2, 0.25) is 5.91 Å². The molecule has 2 unspecified atom stereocenters. The normalized spacial score (nSPS) is 14.8. The third kappa shape index (κ3) is 5.35. The molecule has 2 nitrogen and oxygen atoms in total. The van der Waals surface area contributed by atoms with Gasteiger partial charge in [0.25, 0.3) is 0 Å². The van der Waals surface area contributed by atoms with E-state index in [1.54, 1.807) is 0 Å². The molecule has 3 heteroatoms.